The molecule has 1 rings (SSSR count). The maximum Gasteiger partial charge on any atom is 0.305 e. The first-order valence-corrected chi connectivity index (χ1v) is 6.08. The molecule has 0 radical (unpaired) electrons. The van der Waals surface area contributed by atoms with Crippen molar-refractivity contribution in [2.45, 2.75) is 45.7 Å². The Morgan fingerprint density at radius 2 is 1.83 bits per heavy atom. The summed E-state index contributed by atoms with van der Waals surface area (Å²) in [5, 5.41) is 15.0. The van der Waals surface area contributed by atoms with E-state index in [0.29, 0.717) is 11.9 Å². The highest BCUT2D eigenvalue weighted by Crippen LogP contribution is 2.12. The third-order valence-electron chi connectivity index (χ3n) is 2.55. The molecule has 0 aliphatic rings. The van der Waals surface area contributed by atoms with Crippen LogP contribution in [0.3, 0.4) is 0 Å². The molecule has 0 aliphatic heterocycles. The fraction of sp³-hybridized carbons (Fsp3) is 0.583. The first-order valence-electron chi connectivity index (χ1n) is 6.08. The molecule has 100 valence electrons. The van der Waals surface area contributed by atoms with Gasteiger partial charge >= 0.3 is 5.97 Å². The Hall–Kier alpha value is -1.85. The lowest BCUT2D eigenvalue weighted by Gasteiger charge is -2.15. The zero-order valence-corrected chi connectivity index (χ0v) is 11.0. The van der Waals surface area contributed by atoms with Crippen molar-refractivity contribution in [2.24, 2.45) is 0 Å². The Kier molecular flexibility index (Phi) is 5.35. The van der Waals surface area contributed by atoms with Crippen molar-refractivity contribution in [3.8, 4) is 0 Å². The summed E-state index contributed by atoms with van der Waals surface area (Å²) in [6.45, 7) is 5.97. The molecule has 0 saturated heterocycles. The Balaban J connectivity index is 2.61. The van der Waals surface area contributed by atoms with Crippen LogP contribution in [0, 0.1) is 0 Å². The third-order valence-corrected chi connectivity index (χ3v) is 2.55. The van der Waals surface area contributed by atoms with E-state index in [1.165, 1.54) is 6.33 Å². The lowest BCUT2D eigenvalue weighted by atomic mass is 10.2. The smallest absolute Gasteiger partial charge is 0.305 e. The van der Waals surface area contributed by atoms with Gasteiger partial charge in [-0.25, -0.2) is 9.97 Å². The summed E-state index contributed by atoms with van der Waals surface area (Å²) in [7, 11) is 0. The van der Waals surface area contributed by atoms with E-state index in [0.717, 1.165) is 12.2 Å². The standard InChI is InChI=1S/C12H20N4O2/c1-4-8(2)15-10-6-11(14-7-13-10)16-9(3)5-12(17)18/h6-9H,4-5H2,1-3H3,(H,17,18)(H2,13,14,15,16). The number of rotatable bonds is 7. The zero-order valence-electron chi connectivity index (χ0n) is 11.0. The van der Waals surface area contributed by atoms with E-state index in [1.54, 1.807) is 13.0 Å². The number of carbonyl (C=O) groups is 1. The Morgan fingerprint density at radius 3 is 2.33 bits per heavy atom. The first-order chi connectivity index (χ1) is 8.51. The number of carboxylic acid groups (broad SMARTS) is 1. The molecule has 0 saturated carbocycles. The van der Waals surface area contributed by atoms with Crippen LogP contribution < -0.4 is 10.6 Å². The van der Waals surface area contributed by atoms with Crippen molar-refractivity contribution >= 4 is 17.6 Å². The van der Waals surface area contributed by atoms with Crippen molar-refractivity contribution in [1.82, 2.24) is 9.97 Å². The van der Waals surface area contributed by atoms with Crippen LogP contribution in [0.5, 0.6) is 0 Å². The largest absolute Gasteiger partial charge is 0.481 e. The van der Waals surface area contributed by atoms with E-state index in [4.69, 9.17) is 5.11 Å². The van der Waals surface area contributed by atoms with Gasteiger partial charge in [-0.1, -0.05) is 6.92 Å². The minimum Gasteiger partial charge on any atom is -0.481 e. The lowest BCUT2D eigenvalue weighted by molar-refractivity contribution is -0.137. The normalized spacial score (nSPS) is 13.7. The van der Waals surface area contributed by atoms with Gasteiger partial charge in [0, 0.05) is 18.2 Å². The molecule has 1 aromatic heterocycles. The molecule has 6 nitrogen and oxygen atoms in total. The van der Waals surface area contributed by atoms with Crippen LogP contribution in [-0.2, 0) is 4.79 Å². The highest BCUT2D eigenvalue weighted by atomic mass is 16.4. The molecule has 18 heavy (non-hydrogen) atoms. The van der Waals surface area contributed by atoms with Gasteiger partial charge in [0.25, 0.3) is 0 Å². The van der Waals surface area contributed by atoms with E-state index in [9.17, 15) is 4.79 Å². The highest BCUT2D eigenvalue weighted by Gasteiger charge is 2.08. The predicted molar refractivity (Wildman–Crippen MR) is 70.7 cm³/mol. The topological polar surface area (TPSA) is 87.1 Å². The average Bonchev–Trinajstić information content (AvgIpc) is 2.28. The van der Waals surface area contributed by atoms with Gasteiger partial charge in [0.05, 0.1) is 6.42 Å². The van der Waals surface area contributed by atoms with Crippen molar-refractivity contribution in [2.75, 3.05) is 10.6 Å². The van der Waals surface area contributed by atoms with E-state index in [-0.39, 0.29) is 12.5 Å². The number of anilines is 2. The Bertz CT molecular complexity index is 397. The molecule has 0 amide bonds. The maximum atomic E-state index is 10.6. The molecule has 2 atom stereocenters. The summed E-state index contributed by atoms with van der Waals surface area (Å²) >= 11 is 0. The Morgan fingerprint density at radius 1 is 1.28 bits per heavy atom. The second-order valence-electron chi connectivity index (χ2n) is 4.39. The monoisotopic (exact) mass is 252 g/mol. The van der Waals surface area contributed by atoms with Crippen LogP contribution in [-0.4, -0.2) is 33.1 Å². The molecular weight excluding hydrogens is 232 g/mol. The molecule has 0 spiro atoms. The number of nitrogens with one attached hydrogen (secondary N) is 2. The van der Waals surface area contributed by atoms with E-state index in [2.05, 4.69) is 34.4 Å². The number of carboxylic acids is 1. The number of hydrogen-bond donors (Lipinski definition) is 3. The third kappa shape index (κ3) is 4.99. The molecule has 0 aromatic carbocycles. The first kappa shape index (κ1) is 14.2. The van der Waals surface area contributed by atoms with Crippen LogP contribution in [0.2, 0.25) is 0 Å². The average molecular weight is 252 g/mol. The van der Waals surface area contributed by atoms with Crippen LogP contribution in [0.25, 0.3) is 0 Å². The lowest BCUT2D eigenvalue weighted by Crippen LogP contribution is -2.20. The second-order valence-corrected chi connectivity index (χ2v) is 4.39. The van der Waals surface area contributed by atoms with Crippen LogP contribution in [0.4, 0.5) is 11.6 Å². The minimum atomic E-state index is -0.831. The number of aliphatic carboxylic acids is 1. The van der Waals surface area contributed by atoms with Crippen molar-refractivity contribution in [1.29, 1.82) is 0 Å². The van der Waals surface area contributed by atoms with Gasteiger partial charge in [0.1, 0.15) is 18.0 Å². The summed E-state index contributed by atoms with van der Waals surface area (Å²) < 4.78 is 0. The van der Waals surface area contributed by atoms with Crippen LogP contribution in [0.1, 0.15) is 33.6 Å². The van der Waals surface area contributed by atoms with Gasteiger partial charge in [-0.2, -0.15) is 0 Å². The molecule has 3 N–H and O–H groups in total. The van der Waals surface area contributed by atoms with E-state index in [1.807, 2.05) is 0 Å². The van der Waals surface area contributed by atoms with Gasteiger partial charge in [0.2, 0.25) is 0 Å². The van der Waals surface area contributed by atoms with Crippen LogP contribution in [0.15, 0.2) is 12.4 Å². The summed E-state index contributed by atoms with van der Waals surface area (Å²) in [6, 6.07) is 1.95. The number of hydrogen-bond acceptors (Lipinski definition) is 5. The fourth-order valence-electron chi connectivity index (χ4n) is 1.44. The molecule has 1 heterocycles. The molecular formula is C12H20N4O2. The SMILES string of the molecule is CCC(C)Nc1cc(NC(C)CC(=O)O)ncn1. The van der Waals surface area contributed by atoms with Gasteiger partial charge in [-0.05, 0) is 20.3 Å². The zero-order chi connectivity index (χ0) is 13.5. The van der Waals surface area contributed by atoms with Gasteiger partial charge < -0.3 is 15.7 Å². The molecule has 0 fully saturated rings. The highest BCUT2D eigenvalue weighted by molar-refractivity contribution is 5.68. The molecule has 2 unspecified atom stereocenters. The number of aromatic nitrogens is 2. The predicted octanol–water partition coefficient (Wildman–Crippen LogP) is 1.96. The molecule has 0 aliphatic carbocycles. The van der Waals surface area contributed by atoms with Crippen molar-refractivity contribution in [3.05, 3.63) is 12.4 Å². The Labute approximate surface area is 107 Å². The van der Waals surface area contributed by atoms with Crippen molar-refractivity contribution in [3.63, 3.8) is 0 Å². The van der Waals surface area contributed by atoms with E-state index >= 15 is 0 Å². The quantitative estimate of drug-likeness (QED) is 0.687. The summed E-state index contributed by atoms with van der Waals surface area (Å²) in [4.78, 5) is 18.7. The second kappa shape index (κ2) is 6.78. The van der Waals surface area contributed by atoms with Crippen LogP contribution >= 0.6 is 0 Å². The summed E-state index contributed by atoms with van der Waals surface area (Å²) in [6.07, 6.45) is 2.51. The maximum absolute atomic E-state index is 10.6. The molecule has 1 aromatic rings. The van der Waals surface area contributed by atoms with Gasteiger partial charge in [0.15, 0.2) is 0 Å². The van der Waals surface area contributed by atoms with Gasteiger partial charge in [-0.15, -0.1) is 0 Å². The summed E-state index contributed by atoms with van der Waals surface area (Å²) in [5.74, 6) is 0.538. The molecule has 6 heteroatoms. The fourth-order valence-corrected chi connectivity index (χ4v) is 1.44. The van der Waals surface area contributed by atoms with Crippen molar-refractivity contribution < 1.29 is 9.90 Å². The molecule has 0 bridgehead atoms. The van der Waals surface area contributed by atoms with Gasteiger partial charge in [-0.3, -0.25) is 4.79 Å². The van der Waals surface area contributed by atoms with E-state index < -0.39 is 5.97 Å². The number of nitrogens with zero attached hydrogens (tertiary/aromatic N) is 2. The minimum absolute atomic E-state index is 0.0537. The summed E-state index contributed by atoms with van der Waals surface area (Å²) in [5.41, 5.74) is 0.